The van der Waals surface area contributed by atoms with Crippen LogP contribution in [0.5, 0.6) is 0 Å². The fourth-order valence-electron chi connectivity index (χ4n) is 3.28. The van der Waals surface area contributed by atoms with E-state index in [0.717, 1.165) is 5.56 Å². The quantitative estimate of drug-likeness (QED) is 0.753. The molecule has 0 saturated carbocycles. The average molecular weight is 398 g/mol. The van der Waals surface area contributed by atoms with Gasteiger partial charge in [-0.25, -0.2) is 4.79 Å². The molecule has 1 N–H and O–H groups in total. The van der Waals surface area contributed by atoms with Crippen molar-refractivity contribution in [2.24, 2.45) is 0 Å². The largest absolute Gasteiger partial charge is 0.425 e. The lowest BCUT2D eigenvalue weighted by Gasteiger charge is -2.50. The number of carbonyl (C=O) groups is 1. The highest BCUT2D eigenvalue weighted by Gasteiger charge is 2.61. The summed E-state index contributed by atoms with van der Waals surface area (Å²) in [6, 6.07) is 18.3. The summed E-state index contributed by atoms with van der Waals surface area (Å²) < 4.78 is 22.4. The molecule has 1 saturated heterocycles. The standard InChI is InChI=1S/C23H26O6/c1-21(26-3)22(2,27-4)29-20(24)19(28-21)23(25,18-13-9-6-10-14-18)16-15-17-11-7-5-8-12-17/h5-16,19,25H,1-4H3/b16-15+/t19-,21-,22-,23+/m0/s1. The molecule has 6 heteroatoms. The lowest BCUT2D eigenvalue weighted by Crippen LogP contribution is -2.67. The van der Waals surface area contributed by atoms with Crippen molar-refractivity contribution in [3.63, 3.8) is 0 Å². The number of hydrogen-bond donors (Lipinski definition) is 1. The van der Waals surface area contributed by atoms with Crippen molar-refractivity contribution in [2.45, 2.75) is 37.1 Å². The summed E-state index contributed by atoms with van der Waals surface area (Å²) in [5.74, 6) is -3.67. The van der Waals surface area contributed by atoms with E-state index < -0.39 is 29.2 Å². The number of methoxy groups -OCH3 is 2. The Labute approximate surface area is 170 Å². The molecule has 1 aliphatic heterocycles. The third kappa shape index (κ3) is 3.84. The zero-order chi connectivity index (χ0) is 21.1. The maximum atomic E-state index is 12.9. The van der Waals surface area contributed by atoms with E-state index in [4.69, 9.17) is 18.9 Å². The van der Waals surface area contributed by atoms with Crippen LogP contribution in [-0.2, 0) is 29.3 Å². The van der Waals surface area contributed by atoms with Crippen LogP contribution in [0.2, 0.25) is 0 Å². The third-order valence-electron chi connectivity index (χ3n) is 5.42. The van der Waals surface area contributed by atoms with Crippen LogP contribution < -0.4 is 0 Å². The van der Waals surface area contributed by atoms with Crippen molar-refractivity contribution < 1.29 is 28.8 Å². The molecule has 2 aromatic carbocycles. The smallest absolute Gasteiger partial charge is 0.341 e. The number of aliphatic hydroxyl groups is 1. The Bertz CT molecular complexity index is 867. The van der Waals surface area contributed by atoms with Crippen LogP contribution in [0.1, 0.15) is 25.0 Å². The molecule has 29 heavy (non-hydrogen) atoms. The first-order chi connectivity index (χ1) is 13.8. The Balaban J connectivity index is 2.07. The highest BCUT2D eigenvalue weighted by Crippen LogP contribution is 2.42. The van der Waals surface area contributed by atoms with Crippen LogP contribution >= 0.6 is 0 Å². The average Bonchev–Trinajstić information content (AvgIpc) is 2.76. The summed E-state index contributed by atoms with van der Waals surface area (Å²) in [5.41, 5.74) is -0.459. The van der Waals surface area contributed by atoms with Crippen molar-refractivity contribution in [1.82, 2.24) is 0 Å². The number of ether oxygens (including phenoxy) is 4. The molecule has 1 heterocycles. The van der Waals surface area contributed by atoms with Crippen molar-refractivity contribution in [3.8, 4) is 0 Å². The van der Waals surface area contributed by atoms with Crippen molar-refractivity contribution in [3.05, 3.63) is 77.9 Å². The van der Waals surface area contributed by atoms with Crippen LogP contribution in [0.15, 0.2) is 66.7 Å². The molecule has 2 aromatic rings. The van der Waals surface area contributed by atoms with Gasteiger partial charge in [0, 0.05) is 21.1 Å². The summed E-state index contributed by atoms with van der Waals surface area (Å²) in [7, 11) is 2.82. The molecule has 0 aromatic heterocycles. The number of rotatable bonds is 6. The van der Waals surface area contributed by atoms with Crippen LogP contribution in [0.3, 0.4) is 0 Å². The lowest BCUT2D eigenvalue weighted by atomic mass is 9.85. The van der Waals surface area contributed by atoms with E-state index >= 15 is 0 Å². The molecule has 1 aliphatic rings. The summed E-state index contributed by atoms with van der Waals surface area (Å²) in [6.07, 6.45) is 1.89. The maximum Gasteiger partial charge on any atom is 0.341 e. The number of cyclic esters (lactones) is 1. The molecule has 1 fully saturated rings. The van der Waals surface area contributed by atoms with Gasteiger partial charge < -0.3 is 24.1 Å². The predicted octanol–water partition coefficient (Wildman–Crippen LogP) is 3.25. The normalized spacial score (nSPS) is 29.4. The molecule has 0 bridgehead atoms. The van der Waals surface area contributed by atoms with Gasteiger partial charge in [0.15, 0.2) is 6.10 Å². The van der Waals surface area contributed by atoms with Gasteiger partial charge in [0.1, 0.15) is 5.60 Å². The number of benzene rings is 2. The Morgan fingerprint density at radius 2 is 1.52 bits per heavy atom. The van der Waals surface area contributed by atoms with Crippen molar-refractivity contribution in [1.29, 1.82) is 0 Å². The van der Waals surface area contributed by atoms with Crippen molar-refractivity contribution in [2.75, 3.05) is 14.2 Å². The first kappa shape index (κ1) is 21.2. The van der Waals surface area contributed by atoms with E-state index in [1.54, 1.807) is 44.2 Å². The zero-order valence-electron chi connectivity index (χ0n) is 17.0. The summed E-state index contributed by atoms with van der Waals surface area (Å²) in [5, 5.41) is 11.7. The summed E-state index contributed by atoms with van der Waals surface area (Å²) >= 11 is 0. The monoisotopic (exact) mass is 398 g/mol. The molecule has 4 atom stereocenters. The SMILES string of the molecule is CO[C@@]1(C)OC(=O)[C@@H]([C@@](O)(/C=C/c2ccccc2)c2ccccc2)O[C@]1(C)OC. The summed E-state index contributed by atoms with van der Waals surface area (Å²) in [4.78, 5) is 12.9. The second-order valence-corrected chi connectivity index (χ2v) is 7.15. The maximum absolute atomic E-state index is 12.9. The first-order valence-corrected chi connectivity index (χ1v) is 9.31. The molecule has 6 nitrogen and oxygen atoms in total. The lowest BCUT2D eigenvalue weighted by molar-refractivity contribution is -0.414. The second-order valence-electron chi connectivity index (χ2n) is 7.15. The van der Waals surface area contributed by atoms with Crippen LogP contribution in [0.4, 0.5) is 0 Å². The molecule has 0 spiro atoms. The van der Waals surface area contributed by atoms with Gasteiger partial charge in [0.25, 0.3) is 5.79 Å². The highest BCUT2D eigenvalue weighted by atomic mass is 16.8. The number of esters is 1. The van der Waals surface area contributed by atoms with E-state index in [1.807, 2.05) is 36.4 Å². The fraction of sp³-hybridized carbons (Fsp3) is 0.348. The number of carbonyl (C=O) groups excluding carboxylic acids is 1. The van der Waals surface area contributed by atoms with Gasteiger partial charge in [0.2, 0.25) is 5.79 Å². The van der Waals surface area contributed by atoms with Crippen LogP contribution in [0, 0.1) is 0 Å². The molecular weight excluding hydrogens is 372 g/mol. The van der Waals surface area contributed by atoms with Gasteiger partial charge in [0.05, 0.1) is 0 Å². The Kier molecular flexibility index (Phi) is 5.91. The molecule has 0 radical (unpaired) electrons. The van der Waals surface area contributed by atoms with Gasteiger partial charge in [-0.3, -0.25) is 0 Å². The predicted molar refractivity (Wildman–Crippen MR) is 108 cm³/mol. The topological polar surface area (TPSA) is 74.2 Å². The third-order valence-corrected chi connectivity index (χ3v) is 5.42. The molecular formula is C23H26O6. The van der Waals surface area contributed by atoms with Gasteiger partial charge >= 0.3 is 5.97 Å². The summed E-state index contributed by atoms with van der Waals surface area (Å²) in [6.45, 7) is 3.15. The Hall–Kier alpha value is -2.51. The Morgan fingerprint density at radius 1 is 0.966 bits per heavy atom. The first-order valence-electron chi connectivity index (χ1n) is 9.31. The van der Waals surface area contributed by atoms with Gasteiger partial charge in [-0.05, 0) is 24.1 Å². The van der Waals surface area contributed by atoms with Gasteiger partial charge in [-0.15, -0.1) is 0 Å². The van der Waals surface area contributed by atoms with E-state index in [1.165, 1.54) is 20.3 Å². The van der Waals surface area contributed by atoms with Crippen LogP contribution in [-0.4, -0.2) is 43.0 Å². The molecule has 154 valence electrons. The molecule has 3 rings (SSSR count). The molecule has 0 amide bonds. The highest BCUT2D eigenvalue weighted by molar-refractivity contribution is 5.79. The number of hydrogen-bond acceptors (Lipinski definition) is 6. The van der Waals surface area contributed by atoms with E-state index in [2.05, 4.69) is 0 Å². The molecule has 0 aliphatic carbocycles. The van der Waals surface area contributed by atoms with Gasteiger partial charge in [-0.1, -0.05) is 66.7 Å². The zero-order valence-corrected chi connectivity index (χ0v) is 17.0. The molecule has 0 unspecified atom stereocenters. The van der Waals surface area contributed by atoms with E-state index in [-0.39, 0.29) is 0 Å². The van der Waals surface area contributed by atoms with Crippen LogP contribution in [0.25, 0.3) is 6.08 Å². The minimum atomic E-state index is -1.80. The minimum Gasteiger partial charge on any atom is -0.425 e. The second kappa shape index (κ2) is 8.08. The minimum absolute atomic E-state index is 0.480. The van der Waals surface area contributed by atoms with E-state index in [0.29, 0.717) is 5.56 Å². The Morgan fingerprint density at radius 3 is 2.07 bits per heavy atom. The fourth-order valence-corrected chi connectivity index (χ4v) is 3.28. The van der Waals surface area contributed by atoms with Crippen molar-refractivity contribution >= 4 is 12.0 Å². The van der Waals surface area contributed by atoms with Gasteiger partial charge in [-0.2, -0.15) is 0 Å². The van der Waals surface area contributed by atoms with E-state index in [9.17, 15) is 9.90 Å².